The maximum absolute atomic E-state index is 12.0. The third kappa shape index (κ3) is 6.44. The van der Waals surface area contributed by atoms with Crippen molar-refractivity contribution in [1.29, 1.82) is 0 Å². The SMILES string of the molecule is CC(C)CNC(=O)Nc1ccc(S(=O)(=O)NCC(C)C)cc1. The van der Waals surface area contributed by atoms with Gasteiger partial charge in [-0.1, -0.05) is 27.7 Å². The number of rotatable bonds is 7. The van der Waals surface area contributed by atoms with Crippen LogP contribution in [0.2, 0.25) is 0 Å². The number of carbonyl (C=O) groups is 1. The molecule has 22 heavy (non-hydrogen) atoms. The fourth-order valence-electron chi connectivity index (χ4n) is 1.55. The topological polar surface area (TPSA) is 87.3 Å². The lowest BCUT2D eigenvalue weighted by atomic mass is 10.2. The summed E-state index contributed by atoms with van der Waals surface area (Å²) in [5, 5.41) is 5.39. The molecule has 0 aliphatic rings. The molecule has 2 amide bonds. The molecule has 0 bridgehead atoms. The number of hydrogen-bond donors (Lipinski definition) is 3. The number of anilines is 1. The smallest absolute Gasteiger partial charge is 0.319 e. The zero-order valence-electron chi connectivity index (χ0n) is 13.5. The van der Waals surface area contributed by atoms with Crippen molar-refractivity contribution < 1.29 is 13.2 Å². The molecule has 0 radical (unpaired) electrons. The molecule has 0 atom stereocenters. The highest BCUT2D eigenvalue weighted by molar-refractivity contribution is 7.89. The molecule has 7 heteroatoms. The lowest BCUT2D eigenvalue weighted by molar-refractivity contribution is 0.251. The van der Waals surface area contributed by atoms with Gasteiger partial charge in [-0.3, -0.25) is 0 Å². The molecule has 0 aliphatic heterocycles. The summed E-state index contributed by atoms with van der Waals surface area (Å²) in [6, 6.07) is 5.78. The van der Waals surface area contributed by atoms with Gasteiger partial charge in [0.05, 0.1) is 4.90 Å². The summed E-state index contributed by atoms with van der Waals surface area (Å²) in [4.78, 5) is 11.8. The molecule has 0 saturated heterocycles. The second-order valence-electron chi connectivity index (χ2n) is 6.00. The maximum Gasteiger partial charge on any atom is 0.319 e. The van der Waals surface area contributed by atoms with E-state index in [0.29, 0.717) is 24.7 Å². The molecule has 1 rings (SSSR count). The number of hydrogen-bond acceptors (Lipinski definition) is 3. The Bertz CT molecular complexity index is 581. The number of nitrogens with one attached hydrogen (secondary N) is 3. The number of sulfonamides is 1. The van der Waals surface area contributed by atoms with Crippen LogP contribution >= 0.6 is 0 Å². The van der Waals surface area contributed by atoms with E-state index in [1.807, 2.05) is 27.7 Å². The van der Waals surface area contributed by atoms with Gasteiger partial charge in [0.25, 0.3) is 0 Å². The molecule has 124 valence electrons. The number of amides is 2. The minimum absolute atomic E-state index is 0.182. The van der Waals surface area contributed by atoms with Gasteiger partial charge < -0.3 is 10.6 Å². The quantitative estimate of drug-likeness (QED) is 0.718. The van der Waals surface area contributed by atoms with E-state index in [1.165, 1.54) is 12.1 Å². The molecule has 0 spiro atoms. The minimum atomic E-state index is -3.50. The van der Waals surface area contributed by atoms with Gasteiger partial charge in [0.15, 0.2) is 0 Å². The van der Waals surface area contributed by atoms with Gasteiger partial charge in [-0.15, -0.1) is 0 Å². The van der Waals surface area contributed by atoms with Crippen LogP contribution in [0, 0.1) is 11.8 Å². The van der Waals surface area contributed by atoms with Crippen molar-refractivity contribution in [1.82, 2.24) is 10.0 Å². The van der Waals surface area contributed by atoms with E-state index in [2.05, 4.69) is 15.4 Å². The summed E-state index contributed by atoms with van der Waals surface area (Å²) < 4.78 is 26.6. The Morgan fingerprint density at radius 3 is 2.05 bits per heavy atom. The predicted molar refractivity (Wildman–Crippen MR) is 88.3 cm³/mol. The normalized spacial score (nSPS) is 11.7. The molecule has 6 nitrogen and oxygen atoms in total. The summed E-state index contributed by atoms with van der Waals surface area (Å²) in [6.07, 6.45) is 0. The molecule has 1 aromatic rings. The highest BCUT2D eigenvalue weighted by Crippen LogP contribution is 2.14. The maximum atomic E-state index is 12.0. The van der Waals surface area contributed by atoms with Crippen molar-refractivity contribution in [2.24, 2.45) is 11.8 Å². The van der Waals surface area contributed by atoms with Gasteiger partial charge in [0, 0.05) is 18.8 Å². The Morgan fingerprint density at radius 1 is 1.00 bits per heavy atom. The van der Waals surface area contributed by atoms with Crippen LogP contribution in [0.25, 0.3) is 0 Å². The van der Waals surface area contributed by atoms with Crippen LogP contribution in [0.3, 0.4) is 0 Å². The standard InChI is InChI=1S/C15H25N3O3S/c1-11(2)9-16-15(19)18-13-5-7-14(8-6-13)22(20,21)17-10-12(3)4/h5-8,11-12,17H,9-10H2,1-4H3,(H2,16,18,19). The van der Waals surface area contributed by atoms with Gasteiger partial charge in [-0.2, -0.15) is 0 Å². The van der Waals surface area contributed by atoms with Crippen molar-refractivity contribution in [3.63, 3.8) is 0 Å². The van der Waals surface area contributed by atoms with Gasteiger partial charge in [-0.25, -0.2) is 17.9 Å². The lowest BCUT2D eigenvalue weighted by Crippen LogP contribution is -2.31. The van der Waals surface area contributed by atoms with E-state index >= 15 is 0 Å². The van der Waals surface area contributed by atoms with Crippen LogP contribution in [0.4, 0.5) is 10.5 Å². The summed E-state index contributed by atoms with van der Waals surface area (Å²) in [5.74, 6) is 0.602. The second kappa shape index (κ2) is 8.14. The number of carbonyl (C=O) groups excluding carboxylic acids is 1. The highest BCUT2D eigenvalue weighted by atomic mass is 32.2. The van der Waals surface area contributed by atoms with Crippen molar-refractivity contribution in [2.75, 3.05) is 18.4 Å². The van der Waals surface area contributed by atoms with Crippen LogP contribution in [-0.2, 0) is 10.0 Å². The average molecular weight is 327 g/mol. The molecule has 1 aromatic carbocycles. The summed E-state index contributed by atoms with van der Waals surface area (Å²) in [5.41, 5.74) is 0.545. The summed E-state index contributed by atoms with van der Waals surface area (Å²) in [7, 11) is -3.50. The molecule has 0 saturated carbocycles. The first kappa shape index (κ1) is 18.4. The van der Waals surface area contributed by atoms with Crippen LogP contribution < -0.4 is 15.4 Å². The van der Waals surface area contributed by atoms with Gasteiger partial charge >= 0.3 is 6.03 Å². The Morgan fingerprint density at radius 2 is 1.55 bits per heavy atom. The molecule has 0 fully saturated rings. The van der Waals surface area contributed by atoms with Crippen molar-refractivity contribution in [2.45, 2.75) is 32.6 Å². The molecule has 0 unspecified atom stereocenters. The second-order valence-corrected chi connectivity index (χ2v) is 7.77. The minimum Gasteiger partial charge on any atom is -0.338 e. The van der Waals surface area contributed by atoms with Crippen molar-refractivity contribution >= 4 is 21.7 Å². The Balaban J connectivity index is 2.64. The largest absolute Gasteiger partial charge is 0.338 e. The number of benzene rings is 1. The first-order valence-corrected chi connectivity index (χ1v) is 8.83. The van der Waals surface area contributed by atoms with Crippen molar-refractivity contribution in [3.05, 3.63) is 24.3 Å². The van der Waals surface area contributed by atoms with Gasteiger partial charge in [0.1, 0.15) is 0 Å². The molecular formula is C15H25N3O3S. The van der Waals surface area contributed by atoms with Crippen LogP contribution in [0.15, 0.2) is 29.2 Å². The van der Waals surface area contributed by atoms with Crippen molar-refractivity contribution in [3.8, 4) is 0 Å². The van der Waals surface area contributed by atoms with Crippen LogP contribution in [0.5, 0.6) is 0 Å². The zero-order valence-corrected chi connectivity index (χ0v) is 14.3. The molecule has 0 aromatic heterocycles. The van der Waals surface area contributed by atoms with E-state index < -0.39 is 10.0 Å². The number of urea groups is 1. The molecule has 0 aliphatic carbocycles. The summed E-state index contributed by atoms with van der Waals surface area (Å²) >= 11 is 0. The van der Waals surface area contributed by atoms with Crippen LogP contribution in [0.1, 0.15) is 27.7 Å². The van der Waals surface area contributed by atoms with E-state index in [4.69, 9.17) is 0 Å². The van der Waals surface area contributed by atoms with Gasteiger partial charge in [0.2, 0.25) is 10.0 Å². The molecular weight excluding hydrogens is 302 g/mol. The predicted octanol–water partition coefficient (Wildman–Crippen LogP) is 2.40. The Hall–Kier alpha value is -1.60. The first-order valence-electron chi connectivity index (χ1n) is 7.35. The Kier molecular flexibility index (Phi) is 6.83. The Labute approximate surface area is 132 Å². The molecule has 0 heterocycles. The van der Waals surface area contributed by atoms with E-state index in [0.717, 1.165) is 0 Å². The third-order valence-electron chi connectivity index (χ3n) is 2.77. The van der Waals surface area contributed by atoms with E-state index in [9.17, 15) is 13.2 Å². The third-order valence-corrected chi connectivity index (χ3v) is 4.21. The van der Waals surface area contributed by atoms with E-state index in [1.54, 1.807) is 12.1 Å². The van der Waals surface area contributed by atoms with E-state index in [-0.39, 0.29) is 16.8 Å². The monoisotopic (exact) mass is 327 g/mol. The average Bonchev–Trinajstić information content (AvgIpc) is 2.44. The van der Waals surface area contributed by atoms with Crippen LogP contribution in [-0.4, -0.2) is 27.5 Å². The van der Waals surface area contributed by atoms with Gasteiger partial charge in [-0.05, 0) is 36.1 Å². The highest BCUT2D eigenvalue weighted by Gasteiger charge is 2.14. The fraction of sp³-hybridized carbons (Fsp3) is 0.533. The lowest BCUT2D eigenvalue weighted by Gasteiger charge is -2.11. The zero-order chi connectivity index (χ0) is 16.8. The summed E-state index contributed by atoms with van der Waals surface area (Å²) in [6.45, 7) is 8.85. The fourth-order valence-corrected chi connectivity index (χ4v) is 2.76. The first-order chi connectivity index (χ1) is 10.2. The molecule has 3 N–H and O–H groups in total.